The molecule has 0 aliphatic carbocycles. The molecule has 0 N–H and O–H groups in total. The van der Waals surface area contributed by atoms with Crippen LogP contribution in [0.5, 0.6) is 11.5 Å². The SMILES string of the molecule is C=CCc1ccccc1OCCOc1ccc([N+](=O)[O-])cc1C=c1sc2nc3ccccc3n2c1=O. The minimum atomic E-state index is -0.479. The number of hydrogen-bond donors (Lipinski definition) is 0. The summed E-state index contributed by atoms with van der Waals surface area (Å²) in [5.74, 6) is 1.17. The fourth-order valence-electron chi connectivity index (χ4n) is 3.92. The van der Waals surface area contributed by atoms with Gasteiger partial charge in [-0.05, 0) is 42.3 Å². The lowest BCUT2D eigenvalue weighted by Crippen LogP contribution is -2.22. The van der Waals surface area contributed by atoms with Crippen molar-refractivity contribution in [3.8, 4) is 11.5 Å². The fraction of sp³-hybridized carbons (Fsp3) is 0.111. The van der Waals surface area contributed by atoms with Gasteiger partial charge >= 0.3 is 0 Å². The van der Waals surface area contributed by atoms with Crippen molar-refractivity contribution in [3.05, 3.63) is 116 Å². The number of nitrogens with zero attached hydrogens (tertiary/aromatic N) is 3. The number of imidazole rings is 1. The molecule has 0 aliphatic heterocycles. The summed E-state index contributed by atoms with van der Waals surface area (Å²) >= 11 is 1.22. The molecule has 180 valence electrons. The zero-order chi connectivity index (χ0) is 25.1. The van der Waals surface area contributed by atoms with Crippen LogP contribution < -0.4 is 19.6 Å². The zero-order valence-electron chi connectivity index (χ0n) is 19.1. The molecule has 0 saturated carbocycles. The van der Waals surface area contributed by atoms with E-state index in [1.54, 1.807) is 10.5 Å². The summed E-state index contributed by atoms with van der Waals surface area (Å²) in [6, 6.07) is 19.4. The Morgan fingerprint density at radius 2 is 1.78 bits per heavy atom. The van der Waals surface area contributed by atoms with Crippen molar-refractivity contribution in [1.82, 2.24) is 9.38 Å². The molecule has 2 heterocycles. The molecule has 0 spiro atoms. The molecule has 8 nitrogen and oxygen atoms in total. The van der Waals surface area contributed by atoms with Gasteiger partial charge in [-0.15, -0.1) is 6.58 Å². The number of nitro groups is 1. The van der Waals surface area contributed by atoms with E-state index in [2.05, 4.69) is 11.6 Å². The van der Waals surface area contributed by atoms with Gasteiger partial charge in [0.05, 0.1) is 20.5 Å². The second-order valence-electron chi connectivity index (χ2n) is 7.91. The standard InChI is InChI=1S/C27H21N3O5S/c1-2-7-18-8-3-6-11-23(18)34-14-15-35-24-13-12-20(30(32)33)16-19(24)17-25-26(31)29-22-10-5-4-9-21(22)28-27(29)36-25/h2-6,8-13,16-17H,1,7,14-15H2. The Hall–Kier alpha value is -4.50. The Morgan fingerprint density at radius 3 is 2.58 bits per heavy atom. The molecule has 2 aromatic heterocycles. The number of nitro benzene ring substituents is 1. The molecule has 0 amide bonds. The first-order valence-electron chi connectivity index (χ1n) is 11.2. The van der Waals surface area contributed by atoms with Crippen LogP contribution >= 0.6 is 11.3 Å². The van der Waals surface area contributed by atoms with Gasteiger partial charge in [0.15, 0.2) is 4.96 Å². The van der Waals surface area contributed by atoms with Gasteiger partial charge in [0.1, 0.15) is 24.7 Å². The van der Waals surface area contributed by atoms with E-state index >= 15 is 0 Å². The summed E-state index contributed by atoms with van der Waals surface area (Å²) < 4.78 is 13.7. The second kappa shape index (κ2) is 10.0. The van der Waals surface area contributed by atoms with Crippen LogP contribution in [0.2, 0.25) is 0 Å². The monoisotopic (exact) mass is 499 g/mol. The number of benzene rings is 3. The summed E-state index contributed by atoms with van der Waals surface area (Å²) in [7, 11) is 0. The van der Waals surface area contributed by atoms with Crippen molar-refractivity contribution in [2.45, 2.75) is 6.42 Å². The molecule has 0 saturated heterocycles. The van der Waals surface area contributed by atoms with E-state index in [-0.39, 0.29) is 24.5 Å². The van der Waals surface area contributed by atoms with Gasteiger partial charge in [-0.1, -0.05) is 47.7 Å². The molecule has 3 aromatic carbocycles. The van der Waals surface area contributed by atoms with Gasteiger partial charge in [0, 0.05) is 17.7 Å². The quantitative estimate of drug-likeness (QED) is 0.128. The number of thiazole rings is 1. The van der Waals surface area contributed by atoms with E-state index in [4.69, 9.17) is 9.47 Å². The third-order valence-corrected chi connectivity index (χ3v) is 6.54. The molecule has 0 bridgehead atoms. The number of para-hydroxylation sites is 3. The fourth-order valence-corrected chi connectivity index (χ4v) is 4.90. The van der Waals surface area contributed by atoms with Gasteiger partial charge < -0.3 is 9.47 Å². The molecule has 0 aliphatic rings. The van der Waals surface area contributed by atoms with Crippen molar-refractivity contribution in [2.24, 2.45) is 0 Å². The number of hydrogen-bond acceptors (Lipinski definition) is 7. The number of fused-ring (bicyclic) bond motifs is 3. The topological polar surface area (TPSA) is 96.0 Å². The summed E-state index contributed by atoms with van der Waals surface area (Å²) in [4.78, 5) is 29.1. The van der Waals surface area contributed by atoms with Crippen LogP contribution in [-0.2, 0) is 6.42 Å². The van der Waals surface area contributed by atoms with Crippen molar-refractivity contribution in [3.63, 3.8) is 0 Å². The van der Waals surface area contributed by atoms with E-state index in [9.17, 15) is 14.9 Å². The Balaban J connectivity index is 1.43. The highest BCUT2D eigenvalue weighted by Gasteiger charge is 2.14. The van der Waals surface area contributed by atoms with E-state index in [1.165, 1.54) is 29.5 Å². The van der Waals surface area contributed by atoms with E-state index < -0.39 is 4.92 Å². The Kier molecular flexibility index (Phi) is 6.46. The first kappa shape index (κ1) is 23.3. The average Bonchev–Trinajstić information content (AvgIpc) is 3.39. The number of allylic oxidation sites excluding steroid dienone is 1. The predicted molar refractivity (Wildman–Crippen MR) is 140 cm³/mol. The number of non-ortho nitro benzene ring substituents is 1. The van der Waals surface area contributed by atoms with Crippen LogP contribution in [0, 0.1) is 10.1 Å². The van der Waals surface area contributed by atoms with Gasteiger partial charge in [-0.3, -0.25) is 14.9 Å². The van der Waals surface area contributed by atoms with E-state index in [0.29, 0.717) is 27.2 Å². The van der Waals surface area contributed by atoms with Crippen LogP contribution in [0.3, 0.4) is 0 Å². The highest BCUT2D eigenvalue weighted by atomic mass is 32.1. The minimum Gasteiger partial charge on any atom is -0.490 e. The average molecular weight is 500 g/mol. The van der Waals surface area contributed by atoms with E-state index in [1.807, 2.05) is 54.6 Å². The normalized spacial score (nSPS) is 11.7. The maximum absolute atomic E-state index is 13.1. The number of ether oxygens (including phenoxy) is 2. The van der Waals surface area contributed by atoms with E-state index in [0.717, 1.165) is 22.3 Å². The highest BCUT2D eigenvalue weighted by Crippen LogP contribution is 2.26. The molecule has 5 rings (SSSR count). The zero-order valence-corrected chi connectivity index (χ0v) is 19.9. The molecule has 0 unspecified atom stereocenters. The lowest BCUT2D eigenvalue weighted by atomic mass is 10.1. The number of aromatic nitrogens is 2. The second-order valence-corrected chi connectivity index (χ2v) is 8.92. The van der Waals surface area contributed by atoms with Gasteiger partial charge in [0.2, 0.25) is 0 Å². The molecule has 0 fully saturated rings. The van der Waals surface area contributed by atoms with Gasteiger partial charge in [-0.25, -0.2) is 9.38 Å². The van der Waals surface area contributed by atoms with Crippen molar-refractivity contribution in [2.75, 3.05) is 13.2 Å². The third kappa shape index (κ3) is 4.56. The van der Waals surface area contributed by atoms with Crippen LogP contribution in [0.4, 0.5) is 5.69 Å². The molecule has 0 radical (unpaired) electrons. The number of rotatable bonds is 9. The van der Waals surface area contributed by atoms with Crippen LogP contribution in [0.1, 0.15) is 11.1 Å². The largest absolute Gasteiger partial charge is 0.490 e. The van der Waals surface area contributed by atoms with Crippen LogP contribution in [0.15, 0.2) is 84.2 Å². The molecule has 36 heavy (non-hydrogen) atoms. The summed E-state index contributed by atoms with van der Waals surface area (Å²) in [6.07, 6.45) is 4.11. The van der Waals surface area contributed by atoms with Crippen LogP contribution in [0.25, 0.3) is 22.1 Å². The minimum absolute atomic E-state index is 0.0950. The maximum Gasteiger partial charge on any atom is 0.274 e. The predicted octanol–water partition coefficient (Wildman–Crippen LogP) is 4.55. The maximum atomic E-state index is 13.1. The molecule has 9 heteroatoms. The lowest BCUT2D eigenvalue weighted by Gasteiger charge is -2.12. The summed E-state index contributed by atoms with van der Waals surface area (Å²) in [5, 5.41) is 11.4. The Bertz CT molecular complexity index is 1710. The highest BCUT2D eigenvalue weighted by molar-refractivity contribution is 7.15. The van der Waals surface area contributed by atoms with Gasteiger partial charge in [0.25, 0.3) is 11.2 Å². The Morgan fingerprint density at radius 1 is 1.03 bits per heavy atom. The summed E-state index contributed by atoms with van der Waals surface area (Å²) in [6.45, 7) is 4.26. The first-order chi connectivity index (χ1) is 17.5. The molecule has 0 atom stereocenters. The lowest BCUT2D eigenvalue weighted by molar-refractivity contribution is -0.384. The smallest absolute Gasteiger partial charge is 0.274 e. The molecule has 5 aromatic rings. The van der Waals surface area contributed by atoms with Crippen LogP contribution in [-0.4, -0.2) is 27.5 Å². The van der Waals surface area contributed by atoms with Crippen molar-refractivity contribution < 1.29 is 14.4 Å². The van der Waals surface area contributed by atoms with Crippen molar-refractivity contribution in [1.29, 1.82) is 0 Å². The van der Waals surface area contributed by atoms with Crippen molar-refractivity contribution >= 4 is 39.1 Å². The third-order valence-electron chi connectivity index (χ3n) is 5.57. The Labute approximate surface area is 209 Å². The molecular formula is C27H21N3O5S. The van der Waals surface area contributed by atoms with Gasteiger partial charge in [-0.2, -0.15) is 0 Å². The summed E-state index contributed by atoms with van der Waals surface area (Å²) in [5.41, 5.74) is 2.59. The molecular weight excluding hydrogens is 478 g/mol. The first-order valence-corrected chi connectivity index (χ1v) is 12.0.